The van der Waals surface area contributed by atoms with E-state index >= 15 is 0 Å². The van der Waals surface area contributed by atoms with Crippen molar-refractivity contribution in [3.63, 3.8) is 0 Å². The number of nitrogen functional groups attached to an aromatic ring is 1. The Kier molecular flexibility index (Phi) is 15.2. The molecule has 3 fully saturated rings. The van der Waals surface area contributed by atoms with Crippen molar-refractivity contribution >= 4 is 40.7 Å². The van der Waals surface area contributed by atoms with Gasteiger partial charge >= 0.3 is 12.1 Å². The van der Waals surface area contributed by atoms with Crippen molar-refractivity contribution in [3.05, 3.63) is 35.5 Å². The molecule has 0 radical (unpaired) electrons. The van der Waals surface area contributed by atoms with E-state index in [0.717, 1.165) is 21.9 Å². The first-order valence-corrected chi connectivity index (χ1v) is 21.5. The summed E-state index contributed by atoms with van der Waals surface area (Å²) in [7, 11) is 5.24. The summed E-state index contributed by atoms with van der Waals surface area (Å²) in [6, 6.07) is 6.66. The normalized spacial score (nSPS) is 35.4. The monoisotopic (exact) mass is 828 g/mol. The van der Waals surface area contributed by atoms with Gasteiger partial charge in [-0.05, 0) is 91.1 Å². The second-order valence-electron chi connectivity index (χ2n) is 17.0. The molecule has 1 amide bonds. The molecule has 58 heavy (non-hydrogen) atoms. The molecule has 14 nitrogen and oxygen atoms in total. The number of amides is 1. The minimum atomic E-state index is -1.26. The van der Waals surface area contributed by atoms with E-state index in [1.54, 1.807) is 37.0 Å². The largest absolute Gasteiger partial charge is 0.458 e. The van der Waals surface area contributed by atoms with Crippen molar-refractivity contribution in [3.8, 4) is 10.4 Å². The number of ether oxygens (including phenoxy) is 5. The molecule has 3 N–H and O–H groups in total. The number of methoxy groups -OCH3 is 1. The predicted octanol–water partition coefficient (Wildman–Crippen LogP) is 5.53. The lowest BCUT2D eigenvalue weighted by Gasteiger charge is -2.47. The van der Waals surface area contributed by atoms with Crippen molar-refractivity contribution in [1.29, 1.82) is 0 Å². The number of unbranched alkanes of at least 4 members (excludes halogenated alkanes) is 1. The molecule has 2 aromatic rings. The van der Waals surface area contributed by atoms with Gasteiger partial charge in [0.05, 0.1) is 33.7 Å². The number of carbonyl (C=O) groups excluding carboxylic acids is 4. The van der Waals surface area contributed by atoms with E-state index in [4.69, 9.17) is 29.4 Å². The van der Waals surface area contributed by atoms with Crippen LogP contribution in [0.3, 0.4) is 0 Å². The van der Waals surface area contributed by atoms with Crippen LogP contribution in [0, 0.1) is 23.7 Å². The Hall–Kier alpha value is -3.47. The van der Waals surface area contributed by atoms with E-state index in [1.807, 2.05) is 70.2 Å². The van der Waals surface area contributed by atoms with Crippen LogP contribution in [0.2, 0.25) is 0 Å². The molecule has 3 saturated heterocycles. The van der Waals surface area contributed by atoms with Crippen LogP contribution in [-0.2, 0) is 44.5 Å². The number of hydrogen-bond donors (Lipinski definition) is 2. The number of carbonyl (C=O) groups is 4. The van der Waals surface area contributed by atoms with E-state index < -0.39 is 83.9 Å². The van der Waals surface area contributed by atoms with Crippen LogP contribution in [-0.4, -0.2) is 126 Å². The van der Waals surface area contributed by atoms with Gasteiger partial charge in [0.2, 0.25) is 0 Å². The summed E-state index contributed by atoms with van der Waals surface area (Å²) in [6.07, 6.45) is -0.987. The molecule has 1 aromatic carbocycles. The number of aromatic nitrogens is 1. The number of hydrogen-bond acceptors (Lipinski definition) is 14. The van der Waals surface area contributed by atoms with Gasteiger partial charge in [0.25, 0.3) is 0 Å². The van der Waals surface area contributed by atoms with Crippen molar-refractivity contribution in [2.45, 2.75) is 141 Å². The Morgan fingerprint density at radius 2 is 1.78 bits per heavy atom. The molecule has 15 heteroatoms. The molecule has 4 heterocycles. The van der Waals surface area contributed by atoms with Gasteiger partial charge in [0.1, 0.15) is 23.9 Å². The van der Waals surface area contributed by atoms with Gasteiger partial charge in [-0.15, -0.1) is 11.3 Å². The van der Waals surface area contributed by atoms with Gasteiger partial charge < -0.3 is 44.3 Å². The molecule has 0 bridgehead atoms. The fourth-order valence-corrected chi connectivity index (χ4v) is 9.93. The zero-order valence-electron chi connectivity index (χ0n) is 35.7. The molecule has 0 unspecified atom stereocenters. The number of rotatable bonds is 11. The number of nitrogens with two attached hydrogens (primary N) is 1. The Morgan fingerprint density at radius 1 is 1.05 bits per heavy atom. The number of thiazole rings is 1. The highest BCUT2D eigenvalue weighted by Crippen LogP contribution is 2.39. The summed E-state index contributed by atoms with van der Waals surface area (Å²) < 4.78 is 30.9. The number of Topliss-reactive ketones (excluding diaryl/α,β-unsaturated/α-hetero) is 2. The first kappa shape index (κ1) is 45.6. The van der Waals surface area contributed by atoms with Gasteiger partial charge in [-0.3, -0.25) is 14.4 Å². The van der Waals surface area contributed by atoms with Gasteiger partial charge in [0.15, 0.2) is 18.2 Å². The molecule has 5 rings (SSSR count). The SMILES string of the molecule is CC[C@H]1OC(=O)[C@H](C)C(=O)[C@H](C)[C@@H](O[C@@H]2O[C@H](C)C[C@H](N(C)C)[C@H]2O)[C@](C)(OC)C[C@@H](C)C(=O)[C@H](C)[C@@H]2[C@@H]1OC(=O)N2CCCCc1ncc(-c2cccc(N)c2)s1. The summed E-state index contributed by atoms with van der Waals surface area (Å²) in [5.74, 6) is -4.86. The highest BCUT2D eigenvalue weighted by molar-refractivity contribution is 7.15. The van der Waals surface area contributed by atoms with Crippen LogP contribution in [0.1, 0.15) is 85.6 Å². The summed E-state index contributed by atoms with van der Waals surface area (Å²) >= 11 is 1.60. The molecule has 322 valence electrons. The maximum atomic E-state index is 14.6. The molecular weight excluding hydrogens is 765 g/mol. The third-order valence-electron chi connectivity index (χ3n) is 12.4. The van der Waals surface area contributed by atoms with Crippen molar-refractivity contribution in [1.82, 2.24) is 14.8 Å². The predicted molar refractivity (Wildman–Crippen MR) is 220 cm³/mol. The topological polar surface area (TPSA) is 180 Å². The fourth-order valence-electron chi connectivity index (χ4n) is 8.98. The summed E-state index contributed by atoms with van der Waals surface area (Å²) in [4.78, 5) is 65.5. The van der Waals surface area contributed by atoms with Crippen LogP contribution < -0.4 is 5.73 Å². The third-order valence-corrected chi connectivity index (χ3v) is 13.5. The minimum Gasteiger partial charge on any atom is -0.458 e. The van der Waals surface area contributed by atoms with Crippen molar-refractivity contribution in [2.75, 3.05) is 33.5 Å². The van der Waals surface area contributed by atoms with E-state index in [2.05, 4.69) is 4.98 Å². The second kappa shape index (κ2) is 19.3. The fraction of sp³-hybridized carbons (Fsp3) is 0.698. The number of aliphatic hydroxyl groups excluding tert-OH is 1. The minimum absolute atomic E-state index is 0.137. The summed E-state index contributed by atoms with van der Waals surface area (Å²) in [5, 5.41) is 12.4. The highest BCUT2D eigenvalue weighted by atomic mass is 32.1. The molecule has 0 spiro atoms. The molecule has 13 atom stereocenters. The van der Waals surface area contributed by atoms with Crippen LogP contribution in [0.5, 0.6) is 0 Å². The average Bonchev–Trinajstić information content (AvgIpc) is 3.80. The smallest absolute Gasteiger partial charge is 0.410 e. The Balaban J connectivity index is 1.40. The van der Waals surface area contributed by atoms with Gasteiger partial charge in [0, 0.05) is 49.3 Å². The number of anilines is 1. The van der Waals surface area contributed by atoms with Crippen molar-refractivity contribution < 1.29 is 48.0 Å². The number of aryl methyl sites for hydroxylation is 1. The van der Waals surface area contributed by atoms with Gasteiger partial charge in [-0.1, -0.05) is 39.8 Å². The summed E-state index contributed by atoms with van der Waals surface area (Å²) in [5.41, 5.74) is 6.42. The Bertz CT molecular complexity index is 1760. The van der Waals surface area contributed by atoms with Crippen LogP contribution in [0.15, 0.2) is 30.5 Å². The number of esters is 1. The van der Waals surface area contributed by atoms with Crippen molar-refractivity contribution in [2.24, 2.45) is 23.7 Å². The van der Waals surface area contributed by atoms with E-state index in [-0.39, 0.29) is 30.8 Å². The van der Waals surface area contributed by atoms with Gasteiger partial charge in [-0.2, -0.15) is 0 Å². The number of benzene rings is 1. The summed E-state index contributed by atoms with van der Waals surface area (Å²) in [6.45, 7) is 12.6. The van der Waals surface area contributed by atoms with Crippen LogP contribution in [0.4, 0.5) is 10.5 Å². The van der Waals surface area contributed by atoms with E-state index in [1.165, 1.54) is 14.0 Å². The highest BCUT2D eigenvalue weighted by Gasteiger charge is 2.54. The number of cyclic esters (lactones) is 1. The van der Waals surface area contributed by atoms with E-state index in [0.29, 0.717) is 31.5 Å². The zero-order chi connectivity index (χ0) is 42.6. The molecule has 1 aromatic heterocycles. The molecule has 0 saturated carbocycles. The number of ketones is 2. The second-order valence-corrected chi connectivity index (χ2v) is 18.1. The van der Waals surface area contributed by atoms with Crippen LogP contribution >= 0.6 is 11.3 Å². The maximum absolute atomic E-state index is 14.6. The van der Waals surface area contributed by atoms with Gasteiger partial charge in [-0.25, -0.2) is 9.78 Å². The van der Waals surface area contributed by atoms with Crippen LogP contribution in [0.25, 0.3) is 10.4 Å². The maximum Gasteiger partial charge on any atom is 0.410 e. The Labute approximate surface area is 347 Å². The molecule has 3 aliphatic heterocycles. The number of fused-ring (bicyclic) bond motifs is 1. The lowest BCUT2D eigenvalue weighted by molar-refractivity contribution is -0.295. The first-order valence-electron chi connectivity index (χ1n) is 20.7. The Morgan fingerprint density at radius 3 is 2.43 bits per heavy atom. The zero-order valence-corrected chi connectivity index (χ0v) is 36.5. The molecular formula is C43H64N4O10S. The first-order chi connectivity index (χ1) is 27.4. The quantitative estimate of drug-likeness (QED) is 0.125. The third kappa shape index (κ3) is 9.93. The lowest BCUT2D eigenvalue weighted by atomic mass is 9.75. The molecule has 0 aliphatic carbocycles. The number of nitrogens with zero attached hydrogens (tertiary/aromatic N) is 3. The molecule has 3 aliphatic rings. The van der Waals surface area contributed by atoms with E-state index in [9.17, 15) is 24.3 Å². The standard InChI is InChI=1S/C43H64N4O10S/c1-11-31-38-34(47(42(52)56-38)18-13-12-17-33-45-22-32(58-33)28-15-14-16-29(44)20-28)25(4)35(48)23(2)21-43(7,53-10)39(26(5)36(49)27(6)40(51)55-31)57-41-37(50)30(46(8)9)19-24(3)54-41/h14-16,20,22-27,30-31,34,37-39,41,50H,11-13,17-19,21,44H2,1-10H3/t23-,24-,25-,26+,27-,30+,31-,34-,37-,38-,39-,41+,43-/m1/s1. The number of aliphatic hydroxyl groups is 1. The average molecular weight is 829 g/mol. The number of likely N-dealkylation sites (N-methyl/N-ethyl adjacent to an activating group) is 1. The lowest BCUT2D eigenvalue weighted by Crippen LogP contribution is -2.59.